The third-order valence-corrected chi connectivity index (χ3v) is 5.43. The van der Waals surface area contributed by atoms with Gasteiger partial charge in [0.05, 0.1) is 4.90 Å². The predicted molar refractivity (Wildman–Crippen MR) is 105 cm³/mol. The van der Waals surface area contributed by atoms with Crippen molar-refractivity contribution in [2.24, 2.45) is 0 Å². The summed E-state index contributed by atoms with van der Waals surface area (Å²) in [7, 11) is -3.70. The smallest absolute Gasteiger partial charge is 0.255 e. The predicted octanol–water partition coefficient (Wildman–Crippen LogP) is 4.14. The number of amides is 1. The molecule has 1 amide bonds. The van der Waals surface area contributed by atoms with Crippen molar-refractivity contribution in [3.8, 4) is 0 Å². The van der Waals surface area contributed by atoms with E-state index in [1.165, 1.54) is 12.1 Å². The fourth-order valence-corrected chi connectivity index (χ4v) is 4.04. The molecule has 0 heterocycles. The van der Waals surface area contributed by atoms with E-state index in [2.05, 4.69) is 23.9 Å². The number of hydrogen-bond acceptors (Lipinski definition) is 3. The van der Waals surface area contributed by atoms with Gasteiger partial charge in [-0.1, -0.05) is 38.1 Å². The minimum atomic E-state index is -3.70. The molecule has 0 bridgehead atoms. The van der Waals surface area contributed by atoms with Gasteiger partial charge in [-0.2, -0.15) is 0 Å². The van der Waals surface area contributed by atoms with E-state index in [-0.39, 0.29) is 16.7 Å². The summed E-state index contributed by atoms with van der Waals surface area (Å²) in [5.74, 6) is -0.0832. The standard InChI is InChI=1S/C20H26N2O3S/c1-14(2)17-11-6-7-12-18(17)21-19(23)15-9-8-10-16(13-15)26(24,25)22-20(3,4)5/h6-14,22H,1-5H3,(H,21,23). The molecule has 0 unspecified atom stereocenters. The number of anilines is 1. The summed E-state index contributed by atoms with van der Waals surface area (Å²) >= 11 is 0. The normalized spacial score (nSPS) is 12.2. The monoisotopic (exact) mass is 374 g/mol. The molecule has 0 aromatic heterocycles. The second-order valence-corrected chi connectivity index (χ2v) is 9.26. The van der Waals surface area contributed by atoms with Crippen molar-refractivity contribution in [2.45, 2.75) is 51.0 Å². The number of benzene rings is 2. The summed E-state index contributed by atoms with van der Waals surface area (Å²) in [4.78, 5) is 12.7. The molecule has 140 valence electrons. The summed E-state index contributed by atoms with van der Waals surface area (Å²) < 4.78 is 27.6. The minimum Gasteiger partial charge on any atom is -0.322 e. The van der Waals surface area contributed by atoms with Gasteiger partial charge in [-0.3, -0.25) is 4.79 Å². The van der Waals surface area contributed by atoms with Crippen molar-refractivity contribution in [1.82, 2.24) is 4.72 Å². The van der Waals surface area contributed by atoms with Crippen LogP contribution in [0.15, 0.2) is 53.4 Å². The van der Waals surface area contributed by atoms with E-state index in [9.17, 15) is 13.2 Å². The molecule has 0 aliphatic rings. The fraction of sp³-hybridized carbons (Fsp3) is 0.350. The highest BCUT2D eigenvalue weighted by Crippen LogP contribution is 2.24. The first-order chi connectivity index (χ1) is 12.0. The molecular weight excluding hydrogens is 348 g/mol. The zero-order valence-electron chi connectivity index (χ0n) is 15.8. The first-order valence-electron chi connectivity index (χ1n) is 8.54. The van der Waals surface area contributed by atoms with E-state index in [0.717, 1.165) is 11.3 Å². The van der Waals surface area contributed by atoms with Gasteiger partial charge in [0.1, 0.15) is 0 Å². The Morgan fingerprint density at radius 1 is 1.00 bits per heavy atom. The number of para-hydroxylation sites is 1. The van der Waals surface area contributed by atoms with Gasteiger partial charge < -0.3 is 5.32 Å². The number of carbonyl (C=O) groups is 1. The van der Waals surface area contributed by atoms with Gasteiger partial charge in [0, 0.05) is 16.8 Å². The average molecular weight is 375 g/mol. The Hall–Kier alpha value is -2.18. The molecule has 0 spiro atoms. The van der Waals surface area contributed by atoms with Crippen LogP contribution in [0.3, 0.4) is 0 Å². The lowest BCUT2D eigenvalue weighted by Gasteiger charge is -2.20. The van der Waals surface area contributed by atoms with Crippen molar-refractivity contribution in [3.05, 3.63) is 59.7 Å². The maximum atomic E-state index is 12.6. The fourth-order valence-electron chi connectivity index (χ4n) is 2.58. The highest BCUT2D eigenvalue weighted by Gasteiger charge is 2.23. The van der Waals surface area contributed by atoms with Crippen molar-refractivity contribution in [1.29, 1.82) is 0 Å². The Morgan fingerprint density at radius 2 is 1.65 bits per heavy atom. The lowest BCUT2D eigenvalue weighted by Crippen LogP contribution is -2.40. The largest absolute Gasteiger partial charge is 0.322 e. The van der Waals surface area contributed by atoms with Crippen molar-refractivity contribution < 1.29 is 13.2 Å². The SMILES string of the molecule is CC(C)c1ccccc1NC(=O)c1cccc(S(=O)(=O)NC(C)(C)C)c1. The van der Waals surface area contributed by atoms with Crippen LogP contribution in [0.1, 0.15) is 56.5 Å². The van der Waals surface area contributed by atoms with Crippen LogP contribution in [-0.2, 0) is 10.0 Å². The highest BCUT2D eigenvalue weighted by atomic mass is 32.2. The van der Waals surface area contributed by atoms with Crippen LogP contribution < -0.4 is 10.0 Å². The highest BCUT2D eigenvalue weighted by molar-refractivity contribution is 7.89. The molecule has 2 rings (SSSR count). The maximum absolute atomic E-state index is 12.6. The summed E-state index contributed by atoms with van der Waals surface area (Å²) in [6.07, 6.45) is 0. The van der Waals surface area contributed by atoms with Gasteiger partial charge in [-0.05, 0) is 56.5 Å². The summed E-state index contributed by atoms with van der Waals surface area (Å²) in [6, 6.07) is 13.6. The third-order valence-electron chi connectivity index (χ3n) is 3.68. The lowest BCUT2D eigenvalue weighted by atomic mass is 10.0. The van der Waals surface area contributed by atoms with Gasteiger partial charge in [0.15, 0.2) is 0 Å². The zero-order valence-corrected chi connectivity index (χ0v) is 16.6. The zero-order chi connectivity index (χ0) is 19.5. The topological polar surface area (TPSA) is 75.3 Å². The Morgan fingerprint density at radius 3 is 2.27 bits per heavy atom. The molecule has 2 aromatic carbocycles. The molecule has 6 heteroatoms. The average Bonchev–Trinajstić information content (AvgIpc) is 2.53. The molecule has 0 fully saturated rings. The molecule has 0 aliphatic carbocycles. The van der Waals surface area contributed by atoms with Crippen LogP contribution in [0.2, 0.25) is 0 Å². The molecule has 0 radical (unpaired) electrons. The van der Waals surface area contributed by atoms with Crippen LogP contribution in [-0.4, -0.2) is 19.9 Å². The Kier molecular flexibility index (Phi) is 5.88. The molecule has 2 aromatic rings. The molecule has 0 saturated heterocycles. The van der Waals surface area contributed by atoms with E-state index < -0.39 is 15.6 Å². The quantitative estimate of drug-likeness (QED) is 0.826. The number of carbonyl (C=O) groups excluding carboxylic acids is 1. The molecule has 5 nitrogen and oxygen atoms in total. The van der Waals surface area contributed by atoms with Gasteiger partial charge in [-0.25, -0.2) is 13.1 Å². The summed E-state index contributed by atoms with van der Waals surface area (Å²) in [5.41, 5.74) is 1.45. The molecule has 0 saturated carbocycles. The third kappa shape index (κ3) is 5.16. The molecule has 0 atom stereocenters. The van der Waals surface area contributed by atoms with Crippen LogP contribution in [0.25, 0.3) is 0 Å². The van der Waals surface area contributed by atoms with Crippen LogP contribution in [0.4, 0.5) is 5.69 Å². The number of hydrogen-bond donors (Lipinski definition) is 2. The Bertz CT molecular complexity index is 897. The first-order valence-corrected chi connectivity index (χ1v) is 10.0. The first kappa shape index (κ1) is 20.1. The van der Waals surface area contributed by atoms with Crippen molar-refractivity contribution >= 4 is 21.6 Å². The van der Waals surface area contributed by atoms with Gasteiger partial charge in [0.2, 0.25) is 10.0 Å². The van der Waals surface area contributed by atoms with Crippen molar-refractivity contribution in [3.63, 3.8) is 0 Å². The molecule has 2 N–H and O–H groups in total. The van der Waals surface area contributed by atoms with Crippen LogP contribution in [0.5, 0.6) is 0 Å². The summed E-state index contributed by atoms with van der Waals surface area (Å²) in [5, 5.41) is 2.88. The van der Waals surface area contributed by atoms with E-state index in [4.69, 9.17) is 0 Å². The molecular formula is C20H26N2O3S. The van der Waals surface area contributed by atoms with Crippen molar-refractivity contribution in [2.75, 3.05) is 5.32 Å². The minimum absolute atomic E-state index is 0.0669. The Labute approximate surface area is 155 Å². The van der Waals surface area contributed by atoms with Crippen LogP contribution in [0, 0.1) is 0 Å². The number of nitrogens with one attached hydrogen (secondary N) is 2. The van der Waals surface area contributed by atoms with Gasteiger partial charge in [-0.15, -0.1) is 0 Å². The van der Waals surface area contributed by atoms with E-state index in [1.54, 1.807) is 32.9 Å². The van der Waals surface area contributed by atoms with E-state index in [1.807, 2.05) is 24.3 Å². The number of sulfonamides is 1. The van der Waals surface area contributed by atoms with E-state index >= 15 is 0 Å². The second kappa shape index (κ2) is 7.60. The Balaban J connectivity index is 2.30. The van der Waals surface area contributed by atoms with Crippen LogP contribution >= 0.6 is 0 Å². The van der Waals surface area contributed by atoms with Gasteiger partial charge in [0.25, 0.3) is 5.91 Å². The van der Waals surface area contributed by atoms with E-state index in [0.29, 0.717) is 5.56 Å². The summed E-state index contributed by atoms with van der Waals surface area (Å²) in [6.45, 7) is 9.41. The lowest BCUT2D eigenvalue weighted by molar-refractivity contribution is 0.102. The van der Waals surface area contributed by atoms with Gasteiger partial charge >= 0.3 is 0 Å². The molecule has 26 heavy (non-hydrogen) atoms. The molecule has 0 aliphatic heterocycles. The second-order valence-electron chi connectivity index (χ2n) is 7.58. The maximum Gasteiger partial charge on any atom is 0.255 e. The number of rotatable bonds is 5.